The van der Waals surface area contributed by atoms with Gasteiger partial charge in [-0.2, -0.15) is 0 Å². The zero-order chi connectivity index (χ0) is 17.3. The number of hydrogen-bond acceptors (Lipinski definition) is 2. The van der Waals surface area contributed by atoms with E-state index < -0.39 is 0 Å². The summed E-state index contributed by atoms with van der Waals surface area (Å²) in [6.07, 6.45) is 2.19. The van der Waals surface area contributed by atoms with E-state index >= 15 is 0 Å². The quantitative estimate of drug-likeness (QED) is 0.608. The average Bonchev–Trinajstić information content (AvgIpc) is 2.58. The summed E-state index contributed by atoms with van der Waals surface area (Å²) in [7, 11) is 1.71. The summed E-state index contributed by atoms with van der Waals surface area (Å²) in [6.45, 7) is 16.9. The fraction of sp³-hybridized carbons (Fsp3) is 0.556. The van der Waals surface area contributed by atoms with Crippen molar-refractivity contribution in [1.29, 1.82) is 0 Å². The molecule has 1 aromatic rings. The molecule has 0 spiro atoms. The van der Waals surface area contributed by atoms with Crippen LogP contribution in [-0.2, 0) is 17.8 Å². The van der Waals surface area contributed by atoms with Gasteiger partial charge in [-0.25, -0.2) is 0 Å². The van der Waals surface area contributed by atoms with Gasteiger partial charge in [0.25, 0.3) is 0 Å². The number of rotatable bonds is 4. The predicted octanol–water partition coefficient (Wildman–Crippen LogP) is 6.29. The molecule has 0 saturated carbocycles. The van der Waals surface area contributed by atoms with Crippen LogP contribution in [0.1, 0.15) is 59.6 Å². The average molecular weight is 300 g/mol. The van der Waals surface area contributed by atoms with Crippen LogP contribution in [-0.4, -0.2) is 7.11 Å². The summed E-state index contributed by atoms with van der Waals surface area (Å²) in [5.74, 6) is 1.05. The van der Waals surface area contributed by atoms with Crippen molar-refractivity contribution in [3.05, 3.63) is 41.7 Å². The number of aryl methyl sites for hydroxylation is 2. The van der Waals surface area contributed by atoms with Crippen LogP contribution in [0.25, 0.3) is 0 Å². The van der Waals surface area contributed by atoms with Crippen LogP contribution >= 0.6 is 0 Å². The number of hydrogen-bond donors (Lipinski definition) is 0. The van der Waals surface area contributed by atoms with Gasteiger partial charge in [0.15, 0.2) is 0 Å². The third-order valence-electron chi connectivity index (χ3n) is 2.31. The van der Waals surface area contributed by atoms with Gasteiger partial charge in [0, 0.05) is 4.53 Å². The first-order chi connectivity index (χ1) is 10.1. The van der Waals surface area contributed by atoms with Crippen LogP contribution in [0.15, 0.2) is 30.5 Å². The fourth-order valence-corrected chi connectivity index (χ4v) is 1.40. The minimum Gasteiger partial charge on any atom is -0.497 e. The minimum atomic E-state index is 0.0880. The molecule has 0 bridgehead atoms. The Labute approximate surface area is 130 Å². The molecule has 0 fully saturated rings. The van der Waals surface area contributed by atoms with Crippen molar-refractivity contribution in [3.8, 4) is 5.75 Å². The summed E-state index contributed by atoms with van der Waals surface area (Å²) in [5.41, 5.74) is 2.83. The molecule has 0 unspecified atom stereocenters. The molecule has 0 saturated heterocycles. The molecule has 124 valence electrons. The summed E-state index contributed by atoms with van der Waals surface area (Å²) in [5, 5.41) is 0. The number of benzene rings is 1. The predicted molar refractivity (Wildman–Crippen MR) is 91.5 cm³/mol. The largest absolute Gasteiger partial charge is 0.497 e. The van der Waals surface area contributed by atoms with Gasteiger partial charge >= 0.3 is 0 Å². The Balaban J connectivity index is -0.000000304. The topological polar surface area (TPSA) is 18.5 Å². The van der Waals surface area contributed by atoms with Crippen molar-refractivity contribution in [1.82, 2.24) is 0 Å². The van der Waals surface area contributed by atoms with Gasteiger partial charge in [0.05, 0.1) is 7.11 Å². The lowest BCUT2D eigenvalue weighted by molar-refractivity contribution is -0.0812. The van der Waals surface area contributed by atoms with Gasteiger partial charge in [-0.3, -0.25) is 4.94 Å². The van der Waals surface area contributed by atoms with E-state index in [1.807, 2.05) is 33.8 Å². The van der Waals surface area contributed by atoms with E-state index in [2.05, 4.69) is 37.5 Å². The van der Waals surface area contributed by atoms with E-state index in [-0.39, 0.29) is 5.76 Å². The van der Waals surface area contributed by atoms with Crippen molar-refractivity contribution in [3.63, 3.8) is 0 Å². The molecule has 0 radical (unpaired) electrons. The first-order valence-corrected chi connectivity index (χ1v) is 7.68. The smallest absolute Gasteiger partial charge is 0.138 e. The van der Waals surface area contributed by atoms with E-state index in [4.69, 9.17) is 4.74 Å². The number of halogens is 1. The first-order valence-electron chi connectivity index (χ1n) is 7.68. The second-order valence-electron chi connectivity index (χ2n) is 3.62. The van der Waals surface area contributed by atoms with E-state index in [1.54, 1.807) is 7.11 Å². The van der Waals surface area contributed by atoms with Crippen LogP contribution in [0.5, 0.6) is 5.75 Å². The molecule has 0 amide bonds. The maximum atomic E-state index is 10.5. The zero-order valence-corrected chi connectivity index (χ0v) is 15.0. The Bertz CT molecular complexity index is 349. The van der Waals surface area contributed by atoms with Crippen LogP contribution in [0, 0.1) is 0 Å². The maximum absolute atomic E-state index is 10.5. The van der Waals surface area contributed by atoms with Crippen LogP contribution in [0.2, 0.25) is 0 Å². The molecule has 0 aromatic heterocycles. The molecule has 1 rings (SSSR count). The van der Waals surface area contributed by atoms with Crippen molar-refractivity contribution in [2.45, 2.75) is 61.3 Å². The number of ether oxygens (including phenoxy) is 1. The third kappa shape index (κ3) is 13.2. The molecular weight excluding hydrogens is 267 g/mol. The highest BCUT2D eigenvalue weighted by Crippen LogP contribution is 2.18. The lowest BCUT2D eigenvalue weighted by Crippen LogP contribution is -1.92. The summed E-state index contributed by atoms with van der Waals surface area (Å²) < 4.78 is 15.7. The molecule has 3 heteroatoms. The van der Waals surface area contributed by atoms with Crippen LogP contribution < -0.4 is 4.74 Å². The van der Waals surface area contributed by atoms with Gasteiger partial charge in [-0.05, 0) is 43.0 Å². The summed E-state index contributed by atoms with van der Waals surface area (Å²) >= 11 is 0. The Morgan fingerprint density at radius 2 is 1.48 bits per heavy atom. The summed E-state index contributed by atoms with van der Waals surface area (Å²) in [6, 6.07) is 6.30. The molecular formula is C18H33FO2. The monoisotopic (exact) mass is 300 g/mol. The fourth-order valence-electron chi connectivity index (χ4n) is 1.40. The molecule has 0 aliphatic heterocycles. The van der Waals surface area contributed by atoms with Gasteiger partial charge in [-0.1, -0.05) is 54.2 Å². The molecule has 0 aliphatic rings. The Morgan fingerprint density at radius 1 is 1.05 bits per heavy atom. The van der Waals surface area contributed by atoms with Crippen LogP contribution in [0.4, 0.5) is 4.53 Å². The minimum absolute atomic E-state index is 0.0880. The molecule has 1 aromatic carbocycles. The second-order valence-corrected chi connectivity index (χ2v) is 3.62. The van der Waals surface area contributed by atoms with E-state index in [0.29, 0.717) is 0 Å². The van der Waals surface area contributed by atoms with Crippen molar-refractivity contribution in [2.24, 2.45) is 0 Å². The van der Waals surface area contributed by atoms with Gasteiger partial charge in [0.1, 0.15) is 11.5 Å². The van der Waals surface area contributed by atoms with Crippen LogP contribution in [0.3, 0.4) is 0 Å². The normalized spacial score (nSPS) is 7.86. The Morgan fingerprint density at radius 3 is 1.76 bits per heavy atom. The lowest BCUT2D eigenvalue weighted by Gasteiger charge is -2.07. The SMILES string of the molecule is C=C(C)OF.CC.CC.CCc1ccc(OC)cc1CC. The molecule has 0 N–H and O–H groups in total. The second kappa shape index (κ2) is 18.5. The number of allylic oxidation sites excluding steroid dienone is 1. The van der Waals surface area contributed by atoms with Crippen molar-refractivity contribution in [2.75, 3.05) is 7.11 Å². The molecule has 0 aliphatic carbocycles. The third-order valence-corrected chi connectivity index (χ3v) is 2.31. The van der Waals surface area contributed by atoms with E-state index in [9.17, 15) is 4.53 Å². The van der Waals surface area contributed by atoms with Gasteiger partial charge < -0.3 is 4.74 Å². The summed E-state index contributed by atoms with van der Waals surface area (Å²) in [4.78, 5) is 3.06. The van der Waals surface area contributed by atoms with Gasteiger partial charge in [-0.15, -0.1) is 0 Å². The van der Waals surface area contributed by atoms with Crippen molar-refractivity contribution < 1.29 is 14.2 Å². The van der Waals surface area contributed by atoms with Crippen molar-refractivity contribution >= 4 is 0 Å². The number of methoxy groups -OCH3 is 1. The van der Waals surface area contributed by atoms with Gasteiger partial charge in [0.2, 0.25) is 0 Å². The molecule has 0 atom stereocenters. The highest BCUT2D eigenvalue weighted by Gasteiger charge is 1.99. The first kappa shape index (κ1) is 24.5. The standard InChI is InChI=1S/C11H16O.C3H5FO.2C2H6/c1-4-9-6-7-11(12-3)8-10(9)5-2;1-3(2)5-4;2*1-2/h6-8H,4-5H2,1-3H3;1H2,2H3;2*1-2H3. The zero-order valence-electron chi connectivity index (χ0n) is 15.0. The molecule has 0 heterocycles. The molecule has 2 nitrogen and oxygen atoms in total. The molecule has 21 heavy (non-hydrogen) atoms. The highest BCUT2D eigenvalue weighted by molar-refractivity contribution is 5.35. The maximum Gasteiger partial charge on any atom is 0.138 e. The van der Waals surface area contributed by atoms with E-state index in [1.165, 1.54) is 18.1 Å². The van der Waals surface area contributed by atoms with E-state index in [0.717, 1.165) is 18.6 Å². The highest BCUT2D eigenvalue weighted by atomic mass is 19.3. The lowest BCUT2D eigenvalue weighted by atomic mass is 10.0. The Hall–Kier alpha value is -1.51. The Kier molecular flexibility index (Phi) is 21.6.